The zero-order valence-electron chi connectivity index (χ0n) is 15.3. The molecular formula is C20H27N3O. The van der Waals surface area contributed by atoms with Crippen molar-refractivity contribution in [3.8, 4) is 0 Å². The van der Waals surface area contributed by atoms with E-state index in [9.17, 15) is 4.79 Å². The molecule has 0 fully saturated rings. The first-order valence-corrected chi connectivity index (χ1v) is 8.48. The molecule has 4 nitrogen and oxygen atoms in total. The Balaban J connectivity index is 2.07. The molecule has 0 atom stereocenters. The van der Waals surface area contributed by atoms with Crippen molar-refractivity contribution < 1.29 is 4.79 Å². The highest BCUT2D eigenvalue weighted by Gasteiger charge is 2.14. The Hall–Kier alpha value is -2.36. The van der Waals surface area contributed by atoms with E-state index in [0.717, 1.165) is 18.8 Å². The van der Waals surface area contributed by atoms with Gasteiger partial charge in [-0.1, -0.05) is 32.9 Å². The van der Waals surface area contributed by atoms with Crippen LogP contribution in [0.15, 0.2) is 42.6 Å². The molecule has 0 radical (unpaired) electrons. The lowest BCUT2D eigenvalue weighted by Crippen LogP contribution is -2.22. The maximum Gasteiger partial charge on any atom is 0.256 e. The largest absolute Gasteiger partial charge is 0.371 e. The Morgan fingerprint density at radius 3 is 2.12 bits per heavy atom. The van der Waals surface area contributed by atoms with E-state index in [1.165, 1.54) is 5.56 Å². The summed E-state index contributed by atoms with van der Waals surface area (Å²) in [4.78, 5) is 18.9. The number of nitrogens with one attached hydrogen (secondary N) is 1. The molecule has 2 aromatic rings. The quantitative estimate of drug-likeness (QED) is 0.881. The zero-order valence-corrected chi connectivity index (χ0v) is 15.3. The third-order valence-corrected chi connectivity index (χ3v) is 4.13. The smallest absolute Gasteiger partial charge is 0.256 e. The van der Waals surface area contributed by atoms with E-state index in [-0.39, 0.29) is 11.3 Å². The number of pyridine rings is 1. The molecule has 0 saturated heterocycles. The Morgan fingerprint density at radius 1 is 1.04 bits per heavy atom. The average molecular weight is 325 g/mol. The summed E-state index contributed by atoms with van der Waals surface area (Å²) in [5.41, 5.74) is 2.99. The Bertz CT molecular complexity index is 666. The number of benzene rings is 1. The van der Waals surface area contributed by atoms with Gasteiger partial charge in [-0.3, -0.25) is 4.79 Å². The molecule has 1 heterocycles. The number of carbonyl (C=O) groups is 1. The normalized spacial score (nSPS) is 11.2. The lowest BCUT2D eigenvalue weighted by atomic mass is 9.87. The summed E-state index contributed by atoms with van der Waals surface area (Å²) in [6, 6.07) is 11.6. The molecule has 24 heavy (non-hydrogen) atoms. The average Bonchev–Trinajstić information content (AvgIpc) is 2.57. The van der Waals surface area contributed by atoms with Crippen molar-refractivity contribution in [2.75, 3.05) is 23.3 Å². The van der Waals surface area contributed by atoms with Crippen molar-refractivity contribution >= 4 is 17.4 Å². The van der Waals surface area contributed by atoms with Gasteiger partial charge in [-0.25, -0.2) is 4.98 Å². The van der Waals surface area contributed by atoms with Gasteiger partial charge in [0.2, 0.25) is 0 Å². The van der Waals surface area contributed by atoms with Crippen molar-refractivity contribution in [3.05, 3.63) is 53.7 Å². The number of nitrogens with zero attached hydrogens (tertiary/aromatic N) is 2. The van der Waals surface area contributed by atoms with Gasteiger partial charge >= 0.3 is 0 Å². The molecule has 0 saturated carbocycles. The van der Waals surface area contributed by atoms with Crippen LogP contribution in [-0.2, 0) is 5.41 Å². The maximum atomic E-state index is 12.3. The molecule has 2 rings (SSSR count). The summed E-state index contributed by atoms with van der Waals surface area (Å²) in [7, 11) is 0. The topological polar surface area (TPSA) is 45.2 Å². The van der Waals surface area contributed by atoms with Crippen LogP contribution in [0, 0.1) is 0 Å². The van der Waals surface area contributed by atoms with Crippen LogP contribution in [0.2, 0.25) is 0 Å². The molecule has 0 unspecified atom stereocenters. The van der Waals surface area contributed by atoms with Gasteiger partial charge in [0.25, 0.3) is 5.91 Å². The number of hydrogen-bond donors (Lipinski definition) is 1. The van der Waals surface area contributed by atoms with E-state index in [0.29, 0.717) is 11.4 Å². The second-order valence-electron chi connectivity index (χ2n) is 6.86. The molecule has 4 heteroatoms. The minimum Gasteiger partial charge on any atom is -0.371 e. The number of aromatic nitrogens is 1. The van der Waals surface area contributed by atoms with Crippen LogP contribution in [0.4, 0.5) is 11.5 Å². The van der Waals surface area contributed by atoms with E-state index in [1.807, 2.05) is 36.4 Å². The summed E-state index contributed by atoms with van der Waals surface area (Å²) in [5.74, 6) is 0.425. The van der Waals surface area contributed by atoms with Gasteiger partial charge in [-0.05, 0) is 49.1 Å². The fourth-order valence-corrected chi connectivity index (χ4v) is 2.55. The molecule has 0 aliphatic carbocycles. The fourth-order valence-electron chi connectivity index (χ4n) is 2.55. The summed E-state index contributed by atoms with van der Waals surface area (Å²) in [5, 5.41) is 2.85. The number of rotatable bonds is 5. The van der Waals surface area contributed by atoms with Crippen LogP contribution < -0.4 is 10.2 Å². The van der Waals surface area contributed by atoms with Crippen molar-refractivity contribution in [1.29, 1.82) is 0 Å². The summed E-state index contributed by atoms with van der Waals surface area (Å²) in [6.45, 7) is 12.6. The number of amides is 1. The molecule has 1 aromatic carbocycles. The molecule has 0 bridgehead atoms. The van der Waals surface area contributed by atoms with Crippen LogP contribution in [0.5, 0.6) is 0 Å². The van der Waals surface area contributed by atoms with Crippen LogP contribution >= 0.6 is 0 Å². The first-order chi connectivity index (χ1) is 11.3. The minimum atomic E-state index is -0.140. The first-order valence-electron chi connectivity index (χ1n) is 8.48. The standard InChI is InChI=1S/C20H27N3O/c1-6-23(7-2)17-12-13-18(21-14-17)22-19(24)15-8-10-16(11-9-15)20(3,4)5/h8-14H,6-7H2,1-5H3,(H,21,22,24). The number of anilines is 2. The summed E-state index contributed by atoms with van der Waals surface area (Å²) in [6.07, 6.45) is 1.80. The van der Waals surface area contributed by atoms with Gasteiger partial charge in [0.1, 0.15) is 5.82 Å². The van der Waals surface area contributed by atoms with Gasteiger partial charge in [-0.2, -0.15) is 0 Å². The fraction of sp³-hybridized carbons (Fsp3) is 0.400. The highest BCUT2D eigenvalue weighted by Crippen LogP contribution is 2.22. The van der Waals surface area contributed by atoms with Crippen molar-refractivity contribution in [3.63, 3.8) is 0 Å². The molecular weight excluding hydrogens is 298 g/mol. The maximum absolute atomic E-state index is 12.3. The Labute approximate surface area is 144 Å². The highest BCUT2D eigenvalue weighted by molar-refractivity contribution is 6.03. The van der Waals surface area contributed by atoms with E-state index in [1.54, 1.807) is 6.20 Å². The first kappa shape index (κ1) is 18.0. The van der Waals surface area contributed by atoms with Crippen LogP contribution in [-0.4, -0.2) is 24.0 Å². The Kier molecular flexibility index (Phi) is 5.60. The molecule has 1 amide bonds. The van der Waals surface area contributed by atoms with E-state index >= 15 is 0 Å². The Morgan fingerprint density at radius 2 is 1.67 bits per heavy atom. The third-order valence-electron chi connectivity index (χ3n) is 4.13. The summed E-state index contributed by atoms with van der Waals surface area (Å²) >= 11 is 0. The van der Waals surface area contributed by atoms with Gasteiger partial charge in [0.15, 0.2) is 0 Å². The number of hydrogen-bond acceptors (Lipinski definition) is 3. The van der Waals surface area contributed by atoms with Gasteiger partial charge in [0, 0.05) is 18.7 Å². The molecule has 128 valence electrons. The minimum absolute atomic E-state index is 0.0802. The predicted octanol–water partition coefficient (Wildman–Crippen LogP) is 4.48. The summed E-state index contributed by atoms with van der Waals surface area (Å²) < 4.78 is 0. The van der Waals surface area contributed by atoms with Crippen molar-refractivity contribution in [2.45, 2.75) is 40.0 Å². The lowest BCUT2D eigenvalue weighted by Gasteiger charge is -2.20. The second kappa shape index (κ2) is 7.47. The highest BCUT2D eigenvalue weighted by atomic mass is 16.1. The second-order valence-corrected chi connectivity index (χ2v) is 6.86. The monoisotopic (exact) mass is 325 g/mol. The van der Waals surface area contributed by atoms with E-state index in [2.05, 4.69) is 49.8 Å². The van der Waals surface area contributed by atoms with Crippen LogP contribution in [0.3, 0.4) is 0 Å². The predicted molar refractivity (Wildman–Crippen MR) is 101 cm³/mol. The van der Waals surface area contributed by atoms with E-state index in [4.69, 9.17) is 0 Å². The molecule has 1 N–H and O–H groups in total. The molecule has 1 aromatic heterocycles. The van der Waals surface area contributed by atoms with Gasteiger partial charge in [-0.15, -0.1) is 0 Å². The van der Waals surface area contributed by atoms with Gasteiger partial charge < -0.3 is 10.2 Å². The molecule has 0 aliphatic rings. The van der Waals surface area contributed by atoms with Crippen LogP contribution in [0.25, 0.3) is 0 Å². The van der Waals surface area contributed by atoms with E-state index < -0.39 is 0 Å². The lowest BCUT2D eigenvalue weighted by molar-refractivity contribution is 0.102. The van der Waals surface area contributed by atoms with Crippen molar-refractivity contribution in [1.82, 2.24) is 4.98 Å². The number of carbonyl (C=O) groups excluding carboxylic acids is 1. The zero-order chi connectivity index (χ0) is 17.7. The van der Waals surface area contributed by atoms with Gasteiger partial charge in [0.05, 0.1) is 11.9 Å². The third kappa shape index (κ3) is 4.34. The molecule has 0 aliphatic heterocycles. The molecule has 0 spiro atoms. The SMILES string of the molecule is CCN(CC)c1ccc(NC(=O)c2ccc(C(C)(C)C)cc2)nc1. The van der Waals surface area contributed by atoms with Crippen molar-refractivity contribution in [2.24, 2.45) is 0 Å². The van der Waals surface area contributed by atoms with Crippen LogP contribution in [0.1, 0.15) is 50.5 Å².